The first kappa shape index (κ1) is 25.2. The van der Waals surface area contributed by atoms with Crippen LogP contribution in [0, 0.1) is 19.1 Å². The van der Waals surface area contributed by atoms with Crippen LogP contribution in [0.25, 0.3) is 54.7 Å². The third-order valence-corrected chi connectivity index (χ3v) is 6.46. The van der Waals surface area contributed by atoms with E-state index in [1.165, 1.54) is 49.1 Å². The van der Waals surface area contributed by atoms with Crippen LogP contribution in [0.4, 0.5) is 0 Å². The molecule has 5 aromatic carbocycles. The van der Waals surface area contributed by atoms with Crippen LogP contribution in [-0.2, 0) is 39.8 Å². The second kappa shape index (κ2) is 10.8. The SMILES string of the molecule is CC.Cc1c[c-]c(-c2[c-]ccc3c4ccccc4c4ccccc4c23)cc1-c1cccc[n+]1C.[Y]. The zero-order valence-corrected chi connectivity index (χ0v) is 23.6. The minimum Gasteiger partial charge on any atom is -0.225 e. The average Bonchev–Trinajstić information content (AvgIpc) is 2.90. The topological polar surface area (TPSA) is 3.88 Å². The number of aryl methyl sites for hydroxylation is 2. The van der Waals surface area contributed by atoms with Gasteiger partial charge in [0.15, 0.2) is 11.9 Å². The van der Waals surface area contributed by atoms with Crippen molar-refractivity contribution >= 4 is 32.3 Å². The molecular formula is C33H28NY-. The Kier molecular flexibility index (Phi) is 7.80. The Labute approximate surface area is 233 Å². The maximum absolute atomic E-state index is 3.56. The monoisotopic (exact) mass is 527 g/mol. The molecule has 6 rings (SSSR count). The molecule has 169 valence electrons. The van der Waals surface area contributed by atoms with E-state index in [4.69, 9.17) is 0 Å². The molecule has 35 heavy (non-hydrogen) atoms. The molecule has 2 heteroatoms. The van der Waals surface area contributed by atoms with Gasteiger partial charge in [0, 0.05) is 44.8 Å². The molecule has 0 unspecified atom stereocenters. The van der Waals surface area contributed by atoms with Crippen molar-refractivity contribution in [3.63, 3.8) is 0 Å². The van der Waals surface area contributed by atoms with Crippen LogP contribution in [0.2, 0.25) is 0 Å². The summed E-state index contributed by atoms with van der Waals surface area (Å²) in [5, 5.41) is 7.60. The second-order valence-corrected chi connectivity index (χ2v) is 8.37. The van der Waals surface area contributed by atoms with E-state index in [-0.39, 0.29) is 32.7 Å². The summed E-state index contributed by atoms with van der Waals surface area (Å²) in [6, 6.07) is 39.4. The van der Waals surface area contributed by atoms with Crippen molar-refractivity contribution in [3.8, 4) is 22.4 Å². The molecule has 0 aliphatic carbocycles. The van der Waals surface area contributed by atoms with Crippen molar-refractivity contribution in [2.75, 3.05) is 0 Å². The van der Waals surface area contributed by atoms with Gasteiger partial charge in [-0.2, -0.15) is 30.3 Å². The number of hydrogen-bond acceptors (Lipinski definition) is 0. The molecule has 1 nitrogen and oxygen atoms in total. The van der Waals surface area contributed by atoms with Gasteiger partial charge >= 0.3 is 0 Å². The number of pyridine rings is 1. The van der Waals surface area contributed by atoms with Gasteiger partial charge in [-0.05, 0) is 27.8 Å². The fourth-order valence-corrected chi connectivity index (χ4v) is 4.89. The molecule has 1 aromatic heterocycles. The quantitative estimate of drug-likeness (QED) is 0.121. The molecule has 1 radical (unpaired) electrons. The van der Waals surface area contributed by atoms with Crippen molar-refractivity contribution in [2.24, 2.45) is 7.05 Å². The summed E-state index contributed by atoms with van der Waals surface area (Å²) >= 11 is 0. The van der Waals surface area contributed by atoms with Crippen LogP contribution in [0.1, 0.15) is 19.4 Å². The third-order valence-electron chi connectivity index (χ3n) is 6.46. The Balaban J connectivity index is 0.000000940. The predicted octanol–water partition coefficient (Wildman–Crippen LogP) is 8.24. The van der Waals surface area contributed by atoms with Gasteiger partial charge in [0.1, 0.15) is 7.05 Å². The predicted molar refractivity (Wildman–Crippen MR) is 145 cm³/mol. The van der Waals surface area contributed by atoms with Crippen LogP contribution < -0.4 is 4.57 Å². The molecule has 0 spiro atoms. The molecule has 0 bridgehead atoms. The Bertz CT molecular complexity index is 1600. The number of nitrogens with zero attached hydrogens (tertiary/aromatic N) is 1. The van der Waals surface area contributed by atoms with Crippen LogP contribution in [-0.4, -0.2) is 0 Å². The first-order valence-electron chi connectivity index (χ1n) is 11.9. The van der Waals surface area contributed by atoms with Gasteiger partial charge < -0.3 is 0 Å². The van der Waals surface area contributed by atoms with Crippen molar-refractivity contribution < 1.29 is 37.3 Å². The van der Waals surface area contributed by atoms with E-state index in [0.717, 1.165) is 11.1 Å². The van der Waals surface area contributed by atoms with Gasteiger partial charge in [-0.3, -0.25) is 0 Å². The summed E-state index contributed by atoms with van der Waals surface area (Å²) in [7, 11) is 2.09. The Hall–Kier alpha value is -2.87. The number of rotatable bonds is 2. The normalized spacial score (nSPS) is 10.6. The van der Waals surface area contributed by atoms with E-state index in [9.17, 15) is 0 Å². The smallest absolute Gasteiger partial charge is 0.193 e. The van der Waals surface area contributed by atoms with Crippen molar-refractivity contribution in [1.82, 2.24) is 0 Å². The molecule has 0 N–H and O–H groups in total. The standard InChI is InChI=1S/C31H22N.C2H6.Y/c1-21-17-18-22(20-29(21)30-16-7-8-19-32(30)2)23-14-9-15-28-26-11-4-3-10-24(26)25-12-5-6-13-27(25)31(23)28;1-2;/h3-13,15-17,19-20H,1-2H3;1-2H3;/q-1;;. The van der Waals surface area contributed by atoms with E-state index < -0.39 is 0 Å². The fraction of sp³-hybridized carbons (Fsp3) is 0.121. The molecular weight excluding hydrogens is 499 g/mol. The minimum absolute atomic E-state index is 0. The van der Waals surface area contributed by atoms with Gasteiger partial charge in [0.2, 0.25) is 0 Å². The summed E-state index contributed by atoms with van der Waals surface area (Å²) < 4.78 is 2.17. The van der Waals surface area contributed by atoms with E-state index in [2.05, 4.69) is 128 Å². The number of fused-ring (bicyclic) bond motifs is 6. The average molecular weight is 528 g/mol. The van der Waals surface area contributed by atoms with Gasteiger partial charge in [-0.15, -0.1) is 22.4 Å². The van der Waals surface area contributed by atoms with E-state index in [1.807, 2.05) is 13.8 Å². The van der Waals surface area contributed by atoms with Crippen LogP contribution in [0.5, 0.6) is 0 Å². The third kappa shape index (κ3) is 4.44. The largest absolute Gasteiger partial charge is 0.225 e. The summed E-state index contributed by atoms with van der Waals surface area (Å²) in [5.74, 6) is 0. The Morgan fingerprint density at radius 2 is 1.26 bits per heavy atom. The first-order valence-corrected chi connectivity index (χ1v) is 11.9. The summed E-state index contributed by atoms with van der Waals surface area (Å²) in [5.41, 5.74) is 5.80. The van der Waals surface area contributed by atoms with Crippen molar-refractivity contribution in [1.29, 1.82) is 0 Å². The first-order chi connectivity index (χ1) is 16.7. The molecule has 0 saturated carbocycles. The molecule has 0 fully saturated rings. The Morgan fingerprint density at radius 1 is 0.686 bits per heavy atom. The molecule has 6 aromatic rings. The van der Waals surface area contributed by atoms with Crippen LogP contribution in [0.15, 0.2) is 97.2 Å². The van der Waals surface area contributed by atoms with Crippen LogP contribution >= 0.6 is 0 Å². The molecule has 0 saturated heterocycles. The maximum Gasteiger partial charge on any atom is 0.193 e. The molecule has 0 aliphatic rings. The van der Waals surface area contributed by atoms with E-state index in [1.54, 1.807) is 0 Å². The molecule has 0 aliphatic heterocycles. The van der Waals surface area contributed by atoms with E-state index >= 15 is 0 Å². The molecule has 1 heterocycles. The van der Waals surface area contributed by atoms with Crippen LogP contribution in [0.3, 0.4) is 0 Å². The zero-order valence-electron chi connectivity index (χ0n) is 20.8. The van der Waals surface area contributed by atoms with Gasteiger partial charge in [0.25, 0.3) is 0 Å². The minimum atomic E-state index is 0. The van der Waals surface area contributed by atoms with Gasteiger partial charge in [0.05, 0.1) is 0 Å². The van der Waals surface area contributed by atoms with Gasteiger partial charge in [-0.1, -0.05) is 74.7 Å². The number of aromatic nitrogens is 1. The molecule has 0 amide bonds. The summed E-state index contributed by atoms with van der Waals surface area (Å²) in [6.45, 7) is 6.15. The van der Waals surface area contributed by atoms with Gasteiger partial charge in [-0.25, -0.2) is 15.7 Å². The zero-order chi connectivity index (χ0) is 23.7. The number of benzene rings is 5. The van der Waals surface area contributed by atoms with Crippen molar-refractivity contribution in [3.05, 3.63) is 115 Å². The maximum atomic E-state index is 3.56. The van der Waals surface area contributed by atoms with E-state index in [0.29, 0.717) is 0 Å². The van der Waals surface area contributed by atoms with Crippen molar-refractivity contribution in [2.45, 2.75) is 20.8 Å². The second-order valence-electron chi connectivity index (χ2n) is 8.37. The molecule has 0 atom stereocenters. The summed E-state index contributed by atoms with van der Waals surface area (Å²) in [4.78, 5) is 0. The number of hydrogen-bond donors (Lipinski definition) is 0. The summed E-state index contributed by atoms with van der Waals surface area (Å²) in [6.07, 6.45) is 2.09. The Morgan fingerprint density at radius 3 is 1.91 bits per heavy atom. The fourth-order valence-electron chi connectivity index (χ4n) is 4.89.